The van der Waals surface area contributed by atoms with Gasteiger partial charge in [0.15, 0.2) is 0 Å². The number of fused-ring (bicyclic) bond motifs is 1. The van der Waals surface area contributed by atoms with Gasteiger partial charge in [0.1, 0.15) is 17.3 Å². The molecule has 0 bridgehead atoms. The van der Waals surface area contributed by atoms with Crippen molar-refractivity contribution in [3.63, 3.8) is 0 Å². The van der Waals surface area contributed by atoms with Crippen LogP contribution in [0.5, 0.6) is 11.5 Å². The Morgan fingerprint density at radius 1 is 0.903 bits per heavy atom. The van der Waals surface area contributed by atoms with Crippen LogP contribution in [0.25, 0.3) is 0 Å². The van der Waals surface area contributed by atoms with E-state index in [-0.39, 0.29) is 23.4 Å². The highest BCUT2D eigenvalue weighted by atomic mass is 19.1. The molecular formula is C27H28FNO2. The van der Waals surface area contributed by atoms with Crippen LogP contribution >= 0.6 is 0 Å². The number of hydrogen-bond donors (Lipinski definition) is 1. The van der Waals surface area contributed by atoms with Gasteiger partial charge in [0.25, 0.3) is 0 Å². The van der Waals surface area contributed by atoms with Crippen molar-refractivity contribution in [3.8, 4) is 11.5 Å². The molecule has 0 spiro atoms. The lowest BCUT2D eigenvalue weighted by atomic mass is 9.75. The van der Waals surface area contributed by atoms with Crippen molar-refractivity contribution in [2.75, 3.05) is 26.2 Å². The van der Waals surface area contributed by atoms with E-state index in [1.54, 1.807) is 12.1 Å². The molecule has 0 aromatic heterocycles. The molecule has 3 aromatic rings. The average Bonchev–Trinajstić information content (AvgIpc) is 3.32. The fraction of sp³-hybridized carbons (Fsp3) is 0.333. The number of halogens is 1. The maximum Gasteiger partial charge on any atom is 0.126 e. The van der Waals surface area contributed by atoms with E-state index in [0.717, 1.165) is 29.8 Å². The van der Waals surface area contributed by atoms with E-state index >= 15 is 0 Å². The fourth-order valence-electron chi connectivity index (χ4n) is 4.99. The molecule has 0 aliphatic carbocycles. The minimum Gasteiger partial charge on any atom is -0.508 e. The molecule has 0 saturated carbocycles. The molecule has 1 N–H and O–H groups in total. The Morgan fingerprint density at radius 2 is 1.61 bits per heavy atom. The third kappa shape index (κ3) is 4.31. The molecule has 2 aliphatic heterocycles. The molecular weight excluding hydrogens is 389 g/mol. The summed E-state index contributed by atoms with van der Waals surface area (Å²) in [4.78, 5) is 2.54. The number of nitrogens with zero attached hydrogens (tertiary/aromatic N) is 1. The van der Waals surface area contributed by atoms with Gasteiger partial charge in [-0.3, -0.25) is 0 Å². The van der Waals surface area contributed by atoms with Gasteiger partial charge in [-0.1, -0.05) is 42.5 Å². The van der Waals surface area contributed by atoms with Gasteiger partial charge in [-0.05, 0) is 67.2 Å². The topological polar surface area (TPSA) is 32.7 Å². The Balaban J connectivity index is 1.44. The van der Waals surface area contributed by atoms with Gasteiger partial charge < -0.3 is 14.7 Å². The summed E-state index contributed by atoms with van der Waals surface area (Å²) in [6, 6.07) is 21.0. The van der Waals surface area contributed by atoms with Crippen LogP contribution in [0.2, 0.25) is 0 Å². The van der Waals surface area contributed by atoms with Gasteiger partial charge in [-0.25, -0.2) is 4.39 Å². The zero-order valence-electron chi connectivity index (χ0n) is 17.6. The molecule has 1 fully saturated rings. The van der Waals surface area contributed by atoms with Crippen LogP contribution in [0.4, 0.5) is 4.39 Å². The Bertz CT molecular complexity index is 1030. The number of ether oxygens (including phenoxy) is 1. The minimum atomic E-state index is -0.232. The maximum absolute atomic E-state index is 13.5. The first kappa shape index (κ1) is 20.1. The van der Waals surface area contributed by atoms with Gasteiger partial charge in [0, 0.05) is 30.0 Å². The number of aromatic hydroxyl groups is 1. The van der Waals surface area contributed by atoms with Crippen molar-refractivity contribution in [2.24, 2.45) is 0 Å². The van der Waals surface area contributed by atoms with Crippen LogP contribution in [0.15, 0.2) is 66.7 Å². The summed E-state index contributed by atoms with van der Waals surface area (Å²) in [5.41, 5.74) is 4.69. The van der Waals surface area contributed by atoms with Gasteiger partial charge in [0.2, 0.25) is 0 Å². The molecule has 1 saturated heterocycles. The second-order valence-corrected chi connectivity index (χ2v) is 8.71. The van der Waals surface area contributed by atoms with Crippen LogP contribution in [-0.4, -0.2) is 36.2 Å². The van der Waals surface area contributed by atoms with Crippen molar-refractivity contribution >= 4 is 0 Å². The van der Waals surface area contributed by atoms with Gasteiger partial charge in [-0.15, -0.1) is 0 Å². The molecule has 2 atom stereocenters. The molecule has 2 aliphatic rings. The van der Waals surface area contributed by atoms with E-state index in [1.807, 2.05) is 18.2 Å². The summed E-state index contributed by atoms with van der Waals surface area (Å²) < 4.78 is 19.5. The number of rotatable bonds is 5. The maximum atomic E-state index is 13.5. The van der Waals surface area contributed by atoms with Crippen molar-refractivity contribution < 1.29 is 14.2 Å². The highest BCUT2D eigenvalue weighted by Gasteiger charge is 2.33. The van der Waals surface area contributed by atoms with Gasteiger partial charge >= 0.3 is 0 Å². The summed E-state index contributed by atoms with van der Waals surface area (Å²) in [5.74, 6) is 0.858. The summed E-state index contributed by atoms with van der Waals surface area (Å²) in [5, 5.41) is 9.92. The Morgan fingerprint density at radius 3 is 2.35 bits per heavy atom. The third-order valence-corrected chi connectivity index (χ3v) is 6.71. The Hall–Kier alpha value is -2.85. The quantitative estimate of drug-likeness (QED) is 0.597. The van der Waals surface area contributed by atoms with Crippen LogP contribution in [0.1, 0.15) is 46.9 Å². The molecule has 1 unspecified atom stereocenters. The standard InChI is InChI=1S/C27H28FNO2/c28-22-9-7-20(8-10-22)25-18-31-26-17-23(30)11-12-24(26)27(25)21-5-3-19(4-6-21)13-16-29-14-1-2-15-29/h3-12,17,25,27,30H,1-2,13-16,18H2/t25-,27?/m1/s1. The van der Waals surface area contributed by atoms with E-state index in [9.17, 15) is 9.50 Å². The van der Waals surface area contributed by atoms with Crippen molar-refractivity contribution in [1.29, 1.82) is 0 Å². The lowest BCUT2D eigenvalue weighted by molar-refractivity contribution is 0.247. The molecule has 3 nitrogen and oxygen atoms in total. The lowest BCUT2D eigenvalue weighted by Gasteiger charge is -2.34. The zero-order chi connectivity index (χ0) is 21.2. The monoisotopic (exact) mass is 417 g/mol. The number of phenolic OH excluding ortho intramolecular Hbond substituents is 1. The molecule has 0 amide bonds. The van der Waals surface area contributed by atoms with Crippen LogP contribution in [0, 0.1) is 5.82 Å². The SMILES string of the molecule is Oc1ccc2c(c1)OC[C@H](c1ccc(F)cc1)C2c1ccc(CCN2CCCC2)cc1. The van der Waals surface area contributed by atoms with Crippen molar-refractivity contribution in [1.82, 2.24) is 4.90 Å². The van der Waals surface area contributed by atoms with Crippen molar-refractivity contribution in [2.45, 2.75) is 31.1 Å². The third-order valence-electron chi connectivity index (χ3n) is 6.71. The largest absolute Gasteiger partial charge is 0.508 e. The van der Waals surface area contributed by atoms with E-state index in [2.05, 4.69) is 29.2 Å². The van der Waals surface area contributed by atoms with Crippen LogP contribution < -0.4 is 4.74 Å². The highest BCUT2D eigenvalue weighted by Crippen LogP contribution is 2.46. The number of phenols is 1. The van der Waals surface area contributed by atoms with Gasteiger partial charge in [0.05, 0.1) is 6.61 Å². The Labute approximate surface area is 183 Å². The van der Waals surface area contributed by atoms with E-state index < -0.39 is 0 Å². The first-order valence-electron chi connectivity index (χ1n) is 11.2. The summed E-state index contributed by atoms with van der Waals surface area (Å²) >= 11 is 0. The lowest BCUT2D eigenvalue weighted by Crippen LogP contribution is -2.25. The normalized spacial score (nSPS) is 20.9. The number of benzene rings is 3. The predicted octanol–water partition coefficient (Wildman–Crippen LogP) is 5.48. The predicted molar refractivity (Wildman–Crippen MR) is 120 cm³/mol. The molecule has 0 radical (unpaired) electrons. The van der Waals surface area contributed by atoms with Crippen molar-refractivity contribution in [3.05, 3.63) is 94.8 Å². The molecule has 160 valence electrons. The molecule has 31 heavy (non-hydrogen) atoms. The minimum absolute atomic E-state index is 0.0769. The first-order valence-corrected chi connectivity index (χ1v) is 11.2. The second-order valence-electron chi connectivity index (χ2n) is 8.71. The second kappa shape index (κ2) is 8.72. The summed E-state index contributed by atoms with van der Waals surface area (Å²) in [6.07, 6.45) is 3.71. The van der Waals surface area contributed by atoms with Crippen LogP contribution in [0.3, 0.4) is 0 Å². The number of hydrogen-bond acceptors (Lipinski definition) is 3. The van der Waals surface area contributed by atoms with E-state index in [0.29, 0.717) is 6.61 Å². The molecule has 4 heteroatoms. The fourth-order valence-corrected chi connectivity index (χ4v) is 4.99. The van der Waals surface area contributed by atoms with E-state index in [4.69, 9.17) is 4.74 Å². The first-order chi connectivity index (χ1) is 15.2. The highest BCUT2D eigenvalue weighted by molar-refractivity contribution is 5.50. The molecule has 2 heterocycles. The summed E-state index contributed by atoms with van der Waals surface area (Å²) in [7, 11) is 0. The van der Waals surface area contributed by atoms with Crippen LogP contribution in [-0.2, 0) is 6.42 Å². The number of likely N-dealkylation sites (tertiary alicyclic amines) is 1. The van der Waals surface area contributed by atoms with Gasteiger partial charge in [-0.2, -0.15) is 0 Å². The molecule has 3 aromatic carbocycles. The summed E-state index contributed by atoms with van der Waals surface area (Å²) in [6.45, 7) is 4.06. The molecule has 5 rings (SSSR count). The van der Waals surface area contributed by atoms with E-state index in [1.165, 1.54) is 49.2 Å². The smallest absolute Gasteiger partial charge is 0.126 e. The average molecular weight is 418 g/mol. The zero-order valence-corrected chi connectivity index (χ0v) is 17.6. The Kier molecular flexibility index (Phi) is 5.65.